The Hall–Kier alpha value is -1.22. The van der Waals surface area contributed by atoms with Gasteiger partial charge in [-0.25, -0.2) is 0 Å². The molecule has 3 heteroatoms. The third-order valence-corrected chi connectivity index (χ3v) is 4.07. The number of benzene rings is 1. The smallest absolute Gasteiger partial charge is 0.162 e. The summed E-state index contributed by atoms with van der Waals surface area (Å²) in [7, 11) is 1.58. The minimum absolute atomic E-state index is 0.259. The SMILES string of the molecule is COc1cccc(CNCCC2CCCCC2)c1O. The molecule has 0 atom stereocenters. The number of para-hydroxylation sites is 1. The second kappa shape index (κ2) is 7.39. The maximum atomic E-state index is 9.97. The van der Waals surface area contributed by atoms with E-state index in [9.17, 15) is 5.11 Å². The van der Waals surface area contributed by atoms with Gasteiger partial charge in [0.1, 0.15) is 0 Å². The lowest BCUT2D eigenvalue weighted by Gasteiger charge is -2.21. The van der Waals surface area contributed by atoms with Gasteiger partial charge in [0.15, 0.2) is 11.5 Å². The van der Waals surface area contributed by atoms with E-state index in [4.69, 9.17) is 4.74 Å². The third-order valence-electron chi connectivity index (χ3n) is 4.07. The molecular formula is C16H25NO2. The van der Waals surface area contributed by atoms with Crippen molar-refractivity contribution in [3.63, 3.8) is 0 Å². The van der Waals surface area contributed by atoms with Gasteiger partial charge in [-0.15, -0.1) is 0 Å². The van der Waals surface area contributed by atoms with E-state index in [1.807, 2.05) is 12.1 Å². The van der Waals surface area contributed by atoms with Crippen LogP contribution < -0.4 is 10.1 Å². The Kier molecular flexibility index (Phi) is 5.52. The number of nitrogens with one attached hydrogen (secondary N) is 1. The van der Waals surface area contributed by atoms with Crippen molar-refractivity contribution >= 4 is 0 Å². The van der Waals surface area contributed by atoms with E-state index >= 15 is 0 Å². The Morgan fingerprint density at radius 2 is 2.05 bits per heavy atom. The van der Waals surface area contributed by atoms with Crippen molar-refractivity contribution in [3.8, 4) is 11.5 Å². The van der Waals surface area contributed by atoms with Crippen LogP contribution in [0.15, 0.2) is 18.2 Å². The summed E-state index contributed by atoms with van der Waals surface area (Å²) in [6.45, 7) is 1.73. The van der Waals surface area contributed by atoms with Crippen LogP contribution in [0.1, 0.15) is 44.1 Å². The van der Waals surface area contributed by atoms with E-state index in [2.05, 4.69) is 5.32 Å². The van der Waals surface area contributed by atoms with E-state index in [1.165, 1.54) is 38.5 Å². The second-order valence-corrected chi connectivity index (χ2v) is 5.44. The van der Waals surface area contributed by atoms with Crippen molar-refractivity contribution in [2.24, 2.45) is 5.92 Å². The number of rotatable bonds is 6. The highest BCUT2D eigenvalue weighted by molar-refractivity contribution is 5.45. The van der Waals surface area contributed by atoms with Crippen molar-refractivity contribution in [2.75, 3.05) is 13.7 Å². The highest BCUT2D eigenvalue weighted by Crippen LogP contribution is 2.29. The summed E-state index contributed by atoms with van der Waals surface area (Å²) >= 11 is 0. The number of hydrogen-bond donors (Lipinski definition) is 2. The minimum Gasteiger partial charge on any atom is -0.504 e. The Morgan fingerprint density at radius 3 is 2.79 bits per heavy atom. The topological polar surface area (TPSA) is 41.5 Å². The molecule has 0 aromatic heterocycles. The fourth-order valence-electron chi connectivity index (χ4n) is 2.88. The maximum absolute atomic E-state index is 9.97. The van der Waals surface area contributed by atoms with Gasteiger partial charge in [0, 0.05) is 12.1 Å². The van der Waals surface area contributed by atoms with Gasteiger partial charge >= 0.3 is 0 Å². The normalized spacial score (nSPS) is 16.5. The predicted octanol–water partition coefficient (Wildman–Crippen LogP) is 3.46. The van der Waals surface area contributed by atoms with Crippen molar-refractivity contribution in [1.29, 1.82) is 0 Å². The van der Waals surface area contributed by atoms with E-state index < -0.39 is 0 Å². The Balaban J connectivity index is 1.73. The zero-order chi connectivity index (χ0) is 13.5. The highest BCUT2D eigenvalue weighted by Gasteiger charge is 2.12. The van der Waals surface area contributed by atoms with Gasteiger partial charge < -0.3 is 15.2 Å². The molecule has 2 rings (SSSR count). The summed E-state index contributed by atoms with van der Waals surface area (Å²) in [5.74, 6) is 1.71. The van der Waals surface area contributed by atoms with Gasteiger partial charge in [0.25, 0.3) is 0 Å². The zero-order valence-corrected chi connectivity index (χ0v) is 11.8. The van der Waals surface area contributed by atoms with E-state index in [0.29, 0.717) is 12.3 Å². The molecule has 1 aliphatic rings. The van der Waals surface area contributed by atoms with Crippen LogP contribution in [-0.2, 0) is 6.54 Å². The van der Waals surface area contributed by atoms with Gasteiger partial charge in [-0.2, -0.15) is 0 Å². The van der Waals surface area contributed by atoms with E-state index in [1.54, 1.807) is 13.2 Å². The van der Waals surface area contributed by atoms with E-state index in [0.717, 1.165) is 18.0 Å². The molecule has 106 valence electrons. The summed E-state index contributed by atoms with van der Waals surface area (Å²) in [5, 5.41) is 13.4. The lowest BCUT2D eigenvalue weighted by atomic mass is 9.87. The molecule has 2 N–H and O–H groups in total. The Morgan fingerprint density at radius 1 is 1.26 bits per heavy atom. The number of phenolic OH excluding ortho intramolecular Hbond substituents is 1. The molecule has 0 unspecified atom stereocenters. The molecule has 1 saturated carbocycles. The Labute approximate surface area is 116 Å². The number of aromatic hydroxyl groups is 1. The maximum Gasteiger partial charge on any atom is 0.162 e. The zero-order valence-electron chi connectivity index (χ0n) is 11.8. The summed E-state index contributed by atoms with van der Waals surface area (Å²) in [6.07, 6.45) is 8.27. The molecule has 0 aliphatic heterocycles. The van der Waals surface area contributed by atoms with Gasteiger partial charge in [0.2, 0.25) is 0 Å². The van der Waals surface area contributed by atoms with Crippen molar-refractivity contribution in [2.45, 2.75) is 45.1 Å². The van der Waals surface area contributed by atoms with Crippen LogP contribution in [-0.4, -0.2) is 18.8 Å². The molecule has 1 aliphatic carbocycles. The van der Waals surface area contributed by atoms with Gasteiger partial charge in [-0.1, -0.05) is 44.2 Å². The van der Waals surface area contributed by atoms with Crippen molar-refractivity contribution in [1.82, 2.24) is 5.32 Å². The van der Waals surface area contributed by atoms with Crippen LogP contribution in [0.25, 0.3) is 0 Å². The average molecular weight is 263 g/mol. The van der Waals surface area contributed by atoms with Crippen LogP contribution in [0, 0.1) is 5.92 Å². The lowest BCUT2D eigenvalue weighted by Crippen LogP contribution is -2.19. The molecule has 0 amide bonds. The largest absolute Gasteiger partial charge is 0.504 e. The number of phenols is 1. The lowest BCUT2D eigenvalue weighted by molar-refractivity contribution is 0.333. The first-order chi connectivity index (χ1) is 9.31. The first-order valence-electron chi connectivity index (χ1n) is 7.37. The third kappa shape index (κ3) is 4.13. The van der Waals surface area contributed by atoms with E-state index in [-0.39, 0.29) is 5.75 Å². The molecule has 19 heavy (non-hydrogen) atoms. The summed E-state index contributed by atoms with van der Waals surface area (Å²) < 4.78 is 5.11. The molecule has 0 bridgehead atoms. The van der Waals surface area contributed by atoms with Gasteiger partial charge in [0.05, 0.1) is 7.11 Å². The quantitative estimate of drug-likeness (QED) is 0.772. The molecule has 3 nitrogen and oxygen atoms in total. The molecule has 0 spiro atoms. The summed E-state index contributed by atoms with van der Waals surface area (Å²) in [4.78, 5) is 0. The van der Waals surface area contributed by atoms with Crippen LogP contribution in [0.4, 0.5) is 0 Å². The fourth-order valence-corrected chi connectivity index (χ4v) is 2.88. The first kappa shape index (κ1) is 14.2. The Bertz CT molecular complexity index is 386. The fraction of sp³-hybridized carbons (Fsp3) is 0.625. The molecule has 0 radical (unpaired) electrons. The predicted molar refractivity (Wildman–Crippen MR) is 77.6 cm³/mol. The molecule has 1 fully saturated rings. The average Bonchev–Trinajstić information content (AvgIpc) is 2.46. The standard InChI is InChI=1S/C16H25NO2/c1-19-15-9-5-8-14(16(15)18)12-17-11-10-13-6-3-2-4-7-13/h5,8-9,13,17-18H,2-4,6-7,10-12H2,1H3. The van der Waals surface area contributed by atoms with Crippen molar-refractivity contribution in [3.05, 3.63) is 23.8 Å². The monoisotopic (exact) mass is 263 g/mol. The first-order valence-corrected chi connectivity index (χ1v) is 7.37. The van der Waals surface area contributed by atoms with Crippen LogP contribution in [0.5, 0.6) is 11.5 Å². The van der Waals surface area contributed by atoms with Crippen LogP contribution in [0.3, 0.4) is 0 Å². The molecule has 0 heterocycles. The molecule has 1 aromatic rings. The second-order valence-electron chi connectivity index (χ2n) is 5.44. The molecule has 1 aromatic carbocycles. The molecular weight excluding hydrogens is 238 g/mol. The van der Waals surface area contributed by atoms with Gasteiger partial charge in [-0.3, -0.25) is 0 Å². The minimum atomic E-state index is 0.259. The van der Waals surface area contributed by atoms with Crippen LogP contribution >= 0.6 is 0 Å². The number of methoxy groups -OCH3 is 1. The van der Waals surface area contributed by atoms with Gasteiger partial charge in [-0.05, 0) is 24.9 Å². The van der Waals surface area contributed by atoms with Crippen molar-refractivity contribution < 1.29 is 9.84 Å². The summed E-state index contributed by atoms with van der Waals surface area (Å²) in [5.41, 5.74) is 0.906. The summed E-state index contributed by atoms with van der Waals surface area (Å²) in [6, 6.07) is 5.63. The molecule has 0 saturated heterocycles. The number of hydrogen-bond acceptors (Lipinski definition) is 3. The highest BCUT2D eigenvalue weighted by atomic mass is 16.5. The van der Waals surface area contributed by atoms with Crippen LogP contribution in [0.2, 0.25) is 0 Å². The number of ether oxygens (including phenoxy) is 1.